The lowest BCUT2D eigenvalue weighted by Crippen LogP contribution is -2.08. The van der Waals surface area contributed by atoms with Crippen molar-refractivity contribution in [2.24, 2.45) is 0 Å². The molecule has 1 heterocycles. The molecule has 20 heavy (non-hydrogen) atoms. The van der Waals surface area contributed by atoms with Crippen LogP contribution in [0.5, 0.6) is 0 Å². The summed E-state index contributed by atoms with van der Waals surface area (Å²) in [4.78, 5) is 12.0. The minimum absolute atomic E-state index is 0.306. The Labute approximate surface area is 119 Å². The van der Waals surface area contributed by atoms with Crippen molar-refractivity contribution in [1.82, 2.24) is 9.78 Å². The summed E-state index contributed by atoms with van der Waals surface area (Å²) < 4.78 is 6.92. The Kier molecular flexibility index (Phi) is 3.93. The third-order valence-electron chi connectivity index (χ3n) is 3.58. The number of hydrogen-bond donors (Lipinski definition) is 0. The van der Waals surface area contributed by atoms with Crippen LogP contribution in [0.4, 0.5) is 0 Å². The summed E-state index contributed by atoms with van der Waals surface area (Å²) in [5.41, 5.74) is 5.44. The number of nitrogens with zero attached hydrogens (tertiary/aromatic N) is 2. The lowest BCUT2D eigenvalue weighted by molar-refractivity contribution is 0.0524. The zero-order valence-corrected chi connectivity index (χ0v) is 12.7. The van der Waals surface area contributed by atoms with Crippen LogP contribution >= 0.6 is 0 Å². The molecule has 0 spiro atoms. The second-order valence-corrected chi connectivity index (χ2v) is 4.90. The summed E-state index contributed by atoms with van der Waals surface area (Å²) in [5.74, 6) is -0.306. The van der Waals surface area contributed by atoms with Gasteiger partial charge in [0.25, 0.3) is 0 Å². The normalized spacial score (nSPS) is 10.7. The third-order valence-corrected chi connectivity index (χ3v) is 3.58. The molecule has 0 atom stereocenters. The van der Waals surface area contributed by atoms with Gasteiger partial charge in [-0.25, -0.2) is 9.48 Å². The summed E-state index contributed by atoms with van der Waals surface area (Å²) in [6, 6.07) is 6.08. The number of esters is 1. The van der Waals surface area contributed by atoms with Gasteiger partial charge < -0.3 is 4.74 Å². The molecule has 0 N–H and O–H groups in total. The van der Waals surface area contributed by atoms with Gasteiger partial charge in [-0.05, 0) is 51.8 Å². The Morgan fingerprint density at radius 1 is 1.25 bits per heavy atom. The van der Waals surface area contributed by atoms with Crippen LogP contribution in [0.3, 0.4) is 0 Å². The van der Waals surface area contributed by atoms with Gasteiger partial charge in [-0.2, -0.15) is 5.10 Å². The highest BCUT2D eigenvalue weighted by atomic mass is 16.5. The van der Waals surface area contributed by atoms with Crippen LogP contribution in [0.25, 0.3) is 5.69 Å². The number of hydrogen-bond acceptors (Lipinski definition) is 3. The predicted molar refractivity (Wildman–Crippen MR) is 78.5 cm³/mol. The van der Waals surface area contributed by atoms with E-state index in [2.05, 4.69) is 25.0 Å². The van der Waals surface area contributed by atoms with Gasteiger partial charge in [0.1, 0.15) is 5.56 Å². The van der Waals surface area contributed by atoms with Crippen LogP contribution in [0.15, 0.2) is 18.2 Å². The molecule has 0 aliphatic heterocycles. The first-order valence-corrected chi connectivity index (χ1v) is 6.77. The number of ether oxygens (including phenoxy) is 1. The van der Waals surface area contributed by atoms with E-state index in [0.717, 1.165) is 16.9 Å². The van der Waals surface area contributed by atoms with Crippen molar-refractivity contribution in [3.8, 4) is 5.69 Å². The maximum Gasteiger partial charge on any atom is 0.341 e. The molecular weight excluding hydrogens is 252 g/mol. The number of rotatable bonds is 3. The molecular formula is C16H20N2O2. The highest BCUT2D eigenvalue weighted by molar-refractivity contribution is 5.92. The molecule has 0 radical (unpaired) electrons. The second-order valence-electron chi connectivity index (χ2n) is 4.90. The SMILES string of the molecule is CCOC(=O)c1c(C)nn(-c2cccc(C)c2C)c1C. The molecule has 0 aliphatic rings. The summed E-state index contributed by atoms with van der Waals surface area (Å²) in [6.07, 6.45) is 0. The average Bonchev–Trinajstić information content (AvgIpc) is 2.68. The number of benzene rings is 1. The van der Waals surface area contributed by atoms with Crippen molar-refractivity contribution in [1.29, 1.82) is 0 Å². The Morgan fingerprint density at radius 2 is 1.95 bits per heavy atom. The second kappa shape index (κ2) is 5.49. The quantitative estimate of drug-likeness (QED) is 0.805. The fourth-order valence-electron chi connectivity index (χ4n) is 2.34. The van der Waals surface area contributed by atoms with Gasteiger partial charge in [0.2, 0.25) is 0 Å². The minimum Gasteiger partial charge on any atom is -0.462 e. The molecule has 0 saturated heterocycles. The van der Waals surface area contributed by atoms with Crippen molar-refractivity contribution < 1.29 is 9.53 Å². The number of aryl methyl sites for hydroxylation is 2. The van der Waals surface area contributed by atoms with Crippen molar-refractivity contribution >= 4 is 5.97 Å². The van der Waals surface area contributed by atoms with Gasteiger partial charge in [0, 0.05) is 0 Å². The van der Waals surface area contributed by atoms with E-state index >= 15 is 0 Å². The maximum atomic E-state index is 12.0. The molecule has 4 heteroatoms. The number of aromatic nitrogens is 2. The summed E-state index contributed by atoms with van der Waals surface area (Å²) in [5, 5.41) is 4.50. The van der Waals surface area contributed by atoms with Crippen LogP contribution < -0.4 is 0 Å². The molecule has 106 valence electrons. The fourth-order valence-corrected chi connectivity index (χ4v) is 2.34. The Bertz CT molecular complexity index is 657. The molecule has 0 bridgehead atoms. The monoisotopic (exact) mass is 272 g/mol. The average molecular weight is 272 g/mol. The lowest BCUT2D eigenvalue weighted by atomic mass is 10.1. The molecule has 4 nitrogen and oxygen atoms in total. The van der Waals surface area contributed by atoms with E-state index in [4.69, 9.17) is 4.74 Å². The molecule has 0 amide bonds. The third kappa shape index (κ3) is 2.33. The van der Waals surface area contributed by atoms with Crippen molar-refractivity contribution in [3.63, 3.8) is 0 Å². The minimum atomic E-state index is -0.306. The molecule has 1 aromatic carbocycles. The van der Waals surface area contributed by atoms with E-state index in [1.807, 2.05) is 30.7 Å². The first kappa shape index (κ1) is 14.3. The van der Waals surface area contributed by atoms with Gasteiger partial charge in [-0.15, -0.1) is 0 Å². The molecule has 0 fully saturated rings. The van der Waals surface area contributed by atoms with Gasteiger partial charge in [-0.1, -0.05) is 12.1 Å². The van der Waals surface area contributed by atoms with E-state index in [1.54, 1.807) is 6.92 Å². The molecule has 2 aromatic rings. The van der Waals surface area contributed by atoms with Crippen LogP contribution in [0.2, 0.25) is 0 Å². The predicted octanol–water partition coefficient (Wildman–Crippen LogP) is 3.28. The number of carbonyl (C=O) groups excluding carboxylic acids is 1. The van der Waals surface area contributed by atoms with E-state index in [0.29, 0.717) is 17.9 Å². The topological polar surface area (TPSA) is 44.1 Å². The molecule has 0 aliphatic carbocycles. The molecule has 0 saturated carbocycles. The smallest absolute Gasteiger partial charge is 0.341 e. The zero-order valence-electron chi connectivity index (χ0n) is 12.7. The van der Waals surface area contributed by atoms with Crippen LogP contribution in [-0.4, -0.2) is 22.4 Å². The standard InChI is InChI=1S/C16H20N2O2/c1-6-20-16(19)15-12(4)17-18(13(15)5)14-9-7-8-10(2)11(14)3/h7-9H,6H2,1-5H3. The van der Waals surface area contributed by atoms with Gasteiger partial charge >= 0.3 is 5.97 Å². The van der Waals surface area contributed by atoms with Crippen LogP contribution in [-0.2, 0) is 4.74 Å². The van der Waals surface area contributed by atoms with Crippen molar-refractivity contribution in [3.05, 3.63) is 46.3 Å². The van der Waals surface area contributed by atoms with Crippen molar-refractivity contribution in [2.45, 2.75) is 34.6 Å². The first-order valence-electron chi connectivity index (χ1n) is 6.77. The largest absolute Gasteiger partial charge is 0.462 e. The molecule has 1 aromatic heterocycles. The number of carbonyl (C=O) groups is 1. The van der Waals surface area contributed by atoms with Crippen LogP contribution in [0.1, 0.15) is 39.8 Å². The van der Waals surface area contributed by atoms with Gasteiger partial charge in [0.05, 0.1) is 23.7 Å². The molecule has 0 unspecified atom stereocenters. The van der Waals surface area contributed by atoms with E-state index in [-0.39, 0.29) is 5.97 Å². The summed E-state index contributed by atoms with van der Waals surface area (Å²) in [6.45, 7) is 10.0. The van der Waals surface area contributed by atoms with Crippen molar-refractivity contribution in [2.75, 3.05) is 6.61 Å². The van der Waals surface area contributed by atoms with E-state index in [9.17, 15) is 4.79 Å². The van der Waals surface area contributed by atoms with E-state index in [1.165, 1.54) is 5.56 Å². The highest BCUT2D eigenvalue weighted by Crippen LogP contribution is 2.22. The zero-order chi connectivity index (χ0) is 14.9. The van der Waals surface area contributed by atoms with Gasteiger partial charge in [-0.3, -0.25) is 0 Å². The Morgan fingerprint density at radius 3 is 2.60 bits per heavy atom. The lowest BCUT2D eigenvalue weighted by Gasteiger charge is -2.10. The summed E-state index contributed by atoms with van der Waals surface area (Å²) in [7, 11) is 0. The van der Waals surface area contributed by atoms with Crippen LogP contribution in [0, 0.1) is 27.7 Å². The fraction of sp³-hybridized carbons (Fsp3) is 0.375. The summed E-state index contributed by atoms with van der Waals surface area (Å²) >= 11 is 0. The van der Waals surface area contributed by atoms with E-state index < -0.39 is 0 Å². The first-order chi connectivity index (χ1) is 9.47. The van der Waals surface area contributed by atoms with Gasteiger partial charge in [0.15, 0.2) is 0 Å². The highest BCUT2D eigenvalue weighted by Gasteiger charge is 2.21. The Hall–Kier alpha value is -2.10. The molecule has 2 rings (SSSR count). The Balaban J connectivity index is 2.57. The maximum absolute atomic E-state index is 12.0.